The molecule has 178 valence electrons. The third kappa shape index (κ3) is 5.54. The van der Waals surface area contributed by atoms with Crippen molar-refractivity contribution in [3.63, 3.8) is 0 Å². The van der Waals surface area contributed by atoms with Crippen LogP contribution in [0.3, 0.4) is 0 Å². The number of benzene rings is 2. The standard InChI is InChI=1S/C27H32B2N4O2/c1-29(17-20-8-4-2-5-9-20)32(19-21-12-14-22(34)15-13-21)26-16-25(35-23-10-6-3-7-11-23)31-27-24(28)18-30-33(26)27/h2-11,16,18,21-22,34H,12-15,17,19,28H2,1H3. The van der Waals surface area contributed by atoms with Gasteiger partial charge in [-0.25, -0.2) is 4.52 Å². The minimum Gasteiger partial charge on any atom is -0.439 e. The second-order valence-electron chi connectivity index (χ2n) is 9.80. The highest BCUT2D eigenvalue weighted by Crippen LogP contribution is 2.30. The van der Waals surface area contributed by atoms with E-state index in [1.807, 2.05) is 55.0 Å². The zero-order valence-electron chi connectivity index (χ0n) is 20.5. The number of hydrogen-bond donors (Lipinski definition) is 1. The Morgan fingerprint density at radius 3 is 2.46 bits per heavy atom. The molecule has 0 atom stereocenters. The fraction of sp³-hybridized carbons (Fsp3) is 0.333. The van der Waals surface area contributed by atoms with Crippen molar-refractivity contribution in [2.75, 3.05) is 11.4 Å². The first kappa shape index (κ1) is 23.5. The van der Waals surface area contributed by atoms with Crippen LogP contribution in [0, 0.1) is 5.92 Å². The molecule has 1 aliphatic carbocycles. The molecule has 2 aromatic carbocycles. The molecule has 0 saturated heterocycles. The van der Waals surface area contributed by atoms with Gasteiger partial charge in [0.25, 0.3) is 6.85 Å². The first-order chi connectivity index (χ1) is 17.1. The van der Waals surface area contributed by atoms with Gasteiger partial charge in [-0.15, -0.1) is 0 Å². The Hall–Kier alpha value is -3.25. The molecule has 6 nitrogen and oxygen atoms in total. The third-order valence-corrected chi connectivity index (χ3v) is 7.04. The summed E-state index contributed by atoms with van der Waals surface area (Å²) in [7, 11) is 2.03. The molecule has 1 N–H and O–H groups in total. The van der Waals surface area contributed by atoms with E-state index in [0.717, 1.165) is 61.2 Å². The fourth-order valence-electron chi connectivity index (χ4n) is 5.07. The summed E-state index contributed by atoms with van der Waals surface area (Å²) in [5.74, 6) is 2.84. The van der Waals surface area contributed by atoms with Crippen molar-refractivity contribution in [3.05, 3.63) is 78.5 Å². The summed E-state index contributed by atoms with van der Waals surface area (Å²) in [6, 6.07) is 22.4. The van der Waals surface area contributed by atoms with Gasteiger partial charge in [0.15, 0.2) is 5.65 Å². The molecular formula is C27H32B2N4O2. The van der Waals surface area contributed by atoms with Crippen LogP contribution in [0.5, 0.6) is 11.6 Å². The first-order valence-electron chi connectivity index (χ1n) is 12.6. The quantitative estimate of drug-likeness (QED) is 0.403. The highest BCUT2D eigenvalue weighted by atomic mass is 16.5. The number of ether oxygens (including phenoxy) is 1. The second kappa shape index (κ2) is 10.6. The molecule has 2 heterocycles. The van der Waals surface area contributed by atoms with E-state index >= 15 is 0 Å². The number of rotatable bonds is 8. The van der Waals surface area contributed by atoms with Crippen LogP contribution in [0.25, 0.3) is 5.65 Å². The van der Waals surface area contributed by atoms with Crippen molar-refractivity contribution in [1.82, 2.24) is 14.6 Å². The maximum Gasteiger partial charge on any atom is 0.257 e. The minimum atomic E-state index is -0.159. The Balaban J connectivity index is 1.53. The second-order valence-corrected chi connectivity index (χ2v) is 9.80. The van der Waals surface area contributed by atoms with Crippen molar-refractivity contribution < 1.29 is 9.84 Å². The zero-order chi connectivity index (χ0) is 24.2. The maximum absolute atomic E-state index is 10.1. The lowest BCUT2D eigenvalue weighted by Crippen LogP contribution is -2.44. The molecule has 1 saturated carbocycles. The number of para-hydroxylation sites is 1. The Kier molecular flexibility index (Phi) is 7.09. The van der Waals surface area contributed by atoms with Crippen molar-refractivity contribution in [2.45, 2.75) is 44.9 Å². The lowest BCUT2D eigenvalue weighted by molar-refractivity contribution is 0.110. The lowest BCUT2D eigenvalue weighted by atomic mass is 9.57. The molecule has 2 aromatic heterocycles. The maximum atomic E-state index is 10.1. The highest BCUT2D eigenvalue weighted by molar-refractivity contribution is 6.61. The molecule has 5 rings (SSSR count). The normalized spacial score (nSPS) is 17.9. The lowest BCUT2D eigenvalue weighted by Gasteiger charge is -2.35. The summed E-state index contributed by atoms with van der Waals surface area (Å²) >= 11 is 0. The Labute approximate surface area is 208 Å². The van der Waals surface area contributed by atoms with Crippen LogP contribution in [-0.4, -0.2) is 47.0 Å². The van der Waals surface area contributed by atoms with Crippen LogP contribution in [0.4, 0.5) is 5.82 Å². The topological polar surface area (TPSA) is 62.9 Å². The first-order valence-corrected chi connectivity index (χ1v) is 12.6. The van der Waals surface area contributed by atoms with Gasteiger partial charge in [0, 0.05) is 18.8 Å². The number of anilines is 1. The molecule has 8 heteroatoms. The SMILES string of the molecule is Bc1cnn2c(N(CC3CCC(O)CC3)B(C)Cc3ccccc3)cc(Oc3ccccc3)nc12. The fourth-order valence-corrected chi connectivity index (χ4v) is 5.07. The molecule has 1 fully saturated rings. The summed E-state index contributed by atoms with van der Waals surface area (Å²) in [5.41, 5.74) is 3.14. The van der Waals surface area contributed by atoms with Crippen molar-refractivity contribution in [1.29, 1.82) is 0 Å². The van der Waals surface area contributed by atoms with Gasteiger partial charge >= 0.3 is 0 Å². The average molecular weight is 466 g/mol. The molecule has 0 amide bonds. The summed E-state index contributed by atoms with van der Waals surface area (Å²) in [4.78, 5) is 7.26. The van der Waals surface area contributed by atoms with Crippen molar-refractivity contribution >= 4 is 31.6 Å². The molecular weight excluding hydrogens is 434 g/mol. The van der Waals surface area contributed by atoms with E-state index in [1.165, 1.54) is 5.56 Å². The van der Waals surface area contributed by atoms with Gasteiger partial charge in [0.1, 0.15) is 19.4 Å². The monoisotopic (exact) mass is 466 g/mol. The van der Waals surface area contributed by atoms with E-state index in [0.29, 0.717) is 11.8 Å². The number of hydrogen-bond acceptors (Lipinski definition) is 5. The van der Waals surface area contributed by atoms with Gasteiger partial charge in [-0.3, -0.25) is 0 Å². The number of aromatic nitrogens is 3. The predicted octanol–water partition coefficient (Wildman–Crippen LogP) is 3.54. The van der Waals surface area contributed by atoms with Crippen LogP contribution in [0.15, 0.2) is 72.9 Å². The number of aliphatic hydroxyl groups excluding tert-OH is 1. The molecule has 0 spiro atoms. The van der Waals surface area contributed by atoms with E-state index in [-0.39, 0.29) is 13.0 Å². The van der Waals surface area contributed by atoms with E-state index in [4.69, 9.17) is 14.8 Å². The van der Waals surface area contributed by atoms with Crippen molar-refractivity contribution in [3.8, 4) is 11.6 Å². The highest BCUT2D eigenvalue weighted by Gasteiger charge is 2.28. The Bertz CT molecular complexity index is 1240. The molecule has 4 aromatic rings. The van der Waals surface area contributed by atoms with E-state index in [1.54, 1.807) is 0 Å². The van der Waals surface area contributed by atoms with Crippen LogP contribution in [-0.2, 0) is 6.32 Å². The van der Waals surface area contributed by atoms with Crippen LogP contribution in [0.1, 0.15) is 31.2 Å². The van der Waals surface area contributed by atoms with Gasteiger partial charge < -0.3 is 14.7 Å². The van der Waals surface area contributed by atoms with Gasteiger partial charge in [-0.05, 0) is 55.5 Å². The third-order valence-electron chi connectivity index (χ3n) is 7.04. The molecule has 0 unspecified atom stereocenters. The van der Waals surface area contributed by atoms with Gasteiger partial charge in [0.05, 0.1) is 6.10 Å². The smallest absolute Gasteiger partial charge is 0.257 e. The summed E-state index contributed by atoms with van der Waals surface area (Å²) in [6.07, 6.45) is 6.46. The van der Waals surface area contributed by atoms with Crippen LogP contribution in [0.2, 0.25) is 6.82 Å². The predicted molar refractivity (Wildman–Crippen MR) is 145 cm³/mol. The molecule has 0 aliphatic heterocycles. The van der Waals surface area contributed by atoms with Gasteiger partial charge in [0.2, 0.25) is 5.88 Å². The number of aliphatic hydroxyl groups is 1. The van der Waals surface area contributed by atoms with Gasteiger partial charge in [-0.2, -0.15) is 10.1 Å². The number of fused-ring (bicyclic) bond motifs is 1. The molecule has 1 aliphatic rings. The zero-order valence-corrected chi connectivity index (χ0v) is 20.5. The van der Waals surface area contributed by atoms with E-state index in [9.17, 15) is 5.11 Å². The van der Waals surface area contributed by atoms with Crippen LogP contribution < -0.4 is 15.0 Å². The molecule has 0 bridgehead atoms. The van der Waals surface area contributed by atoms with E-state index in [2.05, 4.69) is 42.0 Å². The molecule has 0 radical (unpaired) electrons. The summed E-state index contributed by atoms with van der Waals surface area (Å²) in [5, 5.41) is 14.7. The van der Waals surface area contributed by atoms with Gasteiger partial charge in [-0.1, -0.05) is 60.9 Å². The Morgan fingerprint density at radius 2 is 1.74 bits per heavy atom. The van der Waals surface area contributed by atoms with Crippen LogP contribution >= 0.6 is 0 Å². The van der Waals surface area contributed by atoms with Crippen molar-refractivity contribution in [2.24, 2.45) is 5.92 Å². The van der Waals surface area contributed by atoms with E-state index < -0.39 is 0 Å². The Morgan fingerprint density at radius 1 is 1.06 bits per heavy atom. The largest absolute Gasteiger partial charge is 0.439 e. The minimum absolute atomic E-state index is 0.159. The number of nitrogens with zero attached hydrogens (tertiary/aromatic N) is 4. The molecule has 35 heavy (non-hydrogen) atoms. The summed E-state index contributed by atoms with van der Waals surface area (Å²) in [6.45, 7) is 3.43. The average Bonchev–Trinajstić information content (AvgIpc) is 3.25. The summed E-state index contributed by atoms with van der Waals surface area (Å²) < 4.78 is 8.14.